The highest BCUT2D eigenvalue weighted by Gasteiger charge is 2.23. The Hall–Kier alpha value is -0.860. The van der Waals surface area contributed by atoms with Crippen LogP contribution in [-0.2, 0) is 0 Å². The molecule has 2 rings (SSSR count). The van der Waals surface area contributed by atoms with Crippen molar-refractivity contribution in [3.8, 4) is 6.07 Å². The summed E-state index contributed by atoms with van der Waals surface area (Å²) < 4.78 is 0. The highest BCUT2D eigenvalue weighted by Crippen LogP contribution is 2.44. The van der Waals surface area contributed by atoms with Crippen LogP contribution in [0, 0.1) is 17.2 Å². The molecule has 5 heteroatoms. The zero-order valence-corrected chi connectivity index (χ0v) is 11.8. The van der Waals surface area contributed by atoms with Crippen molar-refractivity contribution in [3.05, 3.63) is 4.88 Å². The summed E-state index contributed by atoms with van der Waals surface area (Å²) in [5, 5.41) is 10.2. The zero-order valence-electron chi connectivity index (χ0n) is 10.2. The van der Waals surface area contributed by atoms with Crippen LogP contribution in [0.25, 0.3) is 0 Å². The fourth-order valence-corrected chi connectivity index (χ4v) is 4.29. The second kappa shape index (κ2) is 5.19. The second-order valence-electron chi connectivity index (χ2n) is 4.49. The van der Waals surface area contributed by atoms with Gasteiger partial charge in [-0.2, -0.15) is 5.26 Å². The van der Waals surface area contributed by atoms with E-state index in [2.05, 4.69) is 17.9 Å². The van der Waals surface area contributed by atoms with Gasteiger partial charge in [-0.05, 0) is 25.0 Å². The average molecular weight is 267 g/mol. The first-order valence-corrected chi connectivity index (χ1v) is 7.82. The van der Waals surface area contributed by atoms with Crippen LogP contribution in [0.2, 0.25) is 0 Å². The molecule has 2 N–H and O–H groups in total. The largest absolute Gasteiger partial charge is 0.396 e. The van der Waals surface area contributed by atoms with Crippen molar-refractivity contribution in [3.63, 3.8) is 0 Å². The summed E-state index contributed by atoms with van der Waals surface area (Å²) in [6.07, 6.45) is 4.56. The summed E-state index contributed by atoms with van der Waals surface area (Å²) in [6.45, 7) is 4.45. The molecule has 17 heavy (non-hydrogen) atoms. The third-order valence-corrected chi connectivity index (χ3v) is 5.25. The highest BCUT2D eigenvalue weighted by molar-refractivity contribution is 7.99. The molecule has 0 spiro atoms. The fourth-order valence-electron chi connectivity index (χ4n) is 2.28. The molecule has 3 nitrogen and oxygen atoms in total. The van der Waals surface area contributed by atoms with E-state index in [0.717, 1.165) is 23.9 Å². The van der Waals surface area contributed by atoms with Gasteiger partial charge >= 0.3 is 0 Å². The summed E-state index contributed by atoms with van der Waals surface area (Å²) >= 11 is 3.18. The molecule has 1 aliphatic heterocycles. The second-order valence-corrected chi connectivity index (χ2v) is 6.30. The van der Waals surface area contributed by atoms with Gasteiger partial charge in [0.2, 0.25) is 0 Å². The van der Waals surface area contributed by atoms with Crippen molar-refractivity contribution in [1.29, 1.82) is 5.26 Å². The Labute approximate surface area is 111 Å². The summed E-state index contributed by atoms with van der Waals surface area (Å²) in [6, 6.07) is 2.19. The number of nitrogens with two attached hydrogens (primary N) is 1. The summed E-state index contributed by atoms with van der Waals surface area (Å²) in [5.41, 5.74) is 6.67. The predicted molar refractivity (Wildman–Crippen MR) is 75.8 cm³/mol. The number of hydrogen-bond acceptors (Lipinski definition) is 5. The van der Waals surface area contributed by atoms with Crippen LogP contribution in [0.1, 0.15) is 24.6 Å². The van der Waals surface area contributed by atoms with E-state index < -0.39 is 0 Å². The minimum atomic E-state index is 0.655. The number of thiophene rings is 1. The Balaban J connectivity index is 2.34. The number of piperidine rings is 1. The Bertz CT molecular complexity index is 447. The fraction of sp³-hybridized carbons (Fsp3) is 0.583. The van der Waals surface area contributed by atoms with Gasteiger partial charge in [0.05, 0.1) is 10.6 Å². The molecule has 0 bridgehead atoms. The third-order valence-electron chi connectivity index (χ3n) is 3.13. The summed E-state index contributed by atoms with van der Waals surface area (Å²) in [7, 11) is 0. The Morgan fingerprint density at radius 3 is 2.94 bits per heavy atom. The Kier molecular flexibility index (Phi) is 3.85. The minimum absolute atomic E-state index is 0.655. The first kappa shape index (κ1) is 12.6. The van der Waals surface area contributed by atoms with Crippen LogP contribution in [-0.4, -0.2) is 19.3 Å². The van der Waals surface area contributed by atoms with Crippen LogP contribution in [0.15, 0.2) is 4.90 Å². The van der Waals surface area contributed by atoms with E-state index >= 15 is 0 Å². The number of hydrogen-bond donors (Lipinski definition) is 1. The van der Waals surface area contributed by atoms with Crippen molar-refractivity contribution in [2.24, 2.45) is 5.92 Å². The maximum atomic E-state index is 9.05. The molecule has 1 fully saturated rings. The van der Waals surface area contributed by atoms with Gasteiger partial charge in [0, 0.05) is 13.1 Å². The molecule has 0 amide bonds. The summed E-state index contributed by atoms with van der Waals surface area (Å²) in [4.78, 5) is 4.13. The molecule has 0 saturated carbocycles. The van der Waals surface area contributed by atoms with Gasteiger partial charge < -0.3 is 10.6 Å². The van der Waals surface area contributed by atoms with Crippen molar-refractivity contribution in [1.82, 2.24) is 0 Å². The lowest BCUT2D eigenvalue weighted by atomic mass is 10.0. The molecule has 0 aliphatic carbocycles. The molecule has 2 heterocycles. The van der Waals surface area contributed by atoms with Gasteiger partial charge in [0.1, 0.15) is 15.9 Å². The van der Waals surface area contributed by atoms with Gasteiger partial charge in [-0.25, -0.2) is 0 Å². The number of anilines is 2. The van der Waals surface area contributed by atoms with Gasteiger partial charge in [-0.1, -0.05) is 6.92 Å². The lowest BCUT2D eigenvalue weighted by Crippen LogP contribution is -2.33. The quantitative estimate of drug-likeness (QED) is 0.836. The highest BCUT2D eigenvalue weighted by atomic mass is 32.2. The Morgan fingerprint density at radius 2 is 2.35 bits per heavy atom. The molecule has 1 unspecified atom stereocenters. The number of nitrogens with zero attached hydrogens (tertiary/aromatic N) is 2. The van der Waals surface area contributed by atoms with Gasteiger partial charge in [-0.15, -0.1) is 23.1 Å². The van der Waals surface area contributed by atoms with Crippen LogP contribution >= 0.6 is 23.1 Å². The van der Waals surface area contributed by atoms with Gasteiger partial charge in [0.15, 0.2) is 0 Å². The van der Waals surface area contributed by atoms with Crippen molar-refractivity contribution in [2.75, 3.05) is 30.0 Å². The van der Waals surface area contributed by atoms with Gasteiger partial charge in [-0.3, -0.25) is 0 Å². The monoisotopic (exact) mass is 267 g/mol. The van der Waals surface area contributed by atoms with Crippen LogP contribution < -0.4 is 10.6 Å². The molecule has 1 aromatic heterocycles. The van der Waals surface area contributed by atoms with E-state index in [-0.39, 0.29) is 0 Å². The molecule has 92 valence electrons. The summed E-state index contributed by atoms with van der Waals surface area (Å²) in [5.74, 6) is 0.729. The standard InChI is InChI=1S/C12H17N3S2/c1-8-4-3-5-15(7-8)12-11(16-2)10(14)9(6-13)17-12/h8H,3-5,7,14H2,1-2H3. The van der Waals surface area contributed by atoms with Crippen molar-refractivity contribution in [2.45, 2.75) is 24.7 Å². The van der Waals surface area contributed by atoms with E-state index in [1.54, 1.807) is 11.8 Å². The average Bonchev–Trinajstić information content (AvgIpc) is 2.65. The first-order chi connectivity index (χ1) is 8.17. The molecule has 1 aromatic rings. The van der Waals surface area contributed by atoms with E-state index in [1.807, 2.05) is 6.26 Å². The SMILES string of the molecule is CSc1c(N2CCCC(C)C2)sc(C#N)c1N. The minimum Gasteiger partial charge on any atom is -0.396 e. The lowest BCUT2D eigenvalue weighted by molar-refractivity contribution is 0.447. The Morgan fingerprint density at radius 1 is 1.59 bits per heavy atom. The van der Waals surface area contributed by atoms with Crippen LogP contribution in [0.5, 0.6) is 0 Å². The number of rotatable bonds is 2. The molecule has 1 saturated heterocycles. The maximum Gasteiger partial charge on any atom is 0.131 e. The van der Waals surface area contributed by atoms with Gasteiger partial charge in [0.25, 0.3) is 0 Å². The topological polar surface area (TPSA) is 53.0 Å². The lowest BCUT2D eigenvalue weighted by Gasteiger charge is -2.32. The van der Waals surface area contributed by atoms with E-state index in [9.17, 15) is 0 Å². The van der Waals surface area contributed by atoms with E-state index in [0.29, 0.717) is 10.6 Å². The maximum absolute atomic E-state index is 9.05. The smallest absolute Gasteiger partial charge is 0.131 e. The molecular formula is C12H17N3S2. The van der Waals surface area contributed by atoms with E-state index in [1.165, 1.54) is 29.2 Å². The molecular weight excluding hydrogens is 250 g/mol. The first-order valence-electron chi connectivity index (χ1n) is 5.78. The molecule has 0 radical (unpaired) electrons. The predicted octanol–water partition coefficient (Wildman–Crippen LogP) is 3.16. The molecule has 0 aromatic carbocycles. The molecule has 1 atom stereocenters. The number of nitriles is 1. The van der Waals surface area contributed by atoms with Crippen LogP contribution in [0.4, 0.5) is 10.7 Å². The van der Waals surface area contributed by atoms with Crippen molar-refractivity contribution < 1.29 is 0 Å². The third kappa shape index (κ3) is 2.38. The van der Waals surface area contributed by atoms with Crippen molar-refractivity contribution >= 4 is 33.8 Å². The molecule has 1 aliphatic rings. The van der Waals surface area contributed by atoms with Crippen LogP contribution in [0.3, 0.4) is 0 Å². The zero-order chi connectivity index (χ0) is 12.4. The van der Waals surface area contributed by atoms with E-state index in [4.69, 9.17) is 11.0 Å². The normalized spacial score (nSPS) is 20.3. The number of nitrogen functional groups attached to an aromatic ring is 1. The number of thioether (sulfide) groups is 1.